The Balaban J connectivity index is 1.73. The first-order valence-corrected chi connectivity index (χ1v) is 9.80. The molecule has 0 fully saturated rings. The average Bonchev–Trinajstić information content (AvgIpc) is 3.33. The van der Waals surface area contributed by atoms with Crippen LogP contribution in [-0.2, 0) is 22.4 Å². The van der Waals surface area contributed by atoms with Gasteiger partial charge in [0.05, 0.1) is 5.56 Å². The molecular formula is C21H20N2O3S. The van der Waals surface area contributed by atoms with Crippen molar-refractivity contribution < 1.29 is 14.3 Å². The fourth-order valence-electron chi connectivity index (χ4n) is 3.50. The molecule has 5 nitrogen and oxygen atoms in total. The summed E-state index contributed by atoms with van der Waals surface area (Å²) in [5.74, 6) is -1.17. The van der Waals surface area contributed by atoms with Crippen molar-refractivity contribution in [1.29, 1.82) is 0 Å². The Morgan fingerprint density at radius 1 is 1.04 bits per heavy atom. The van der Waals surface area contributed by atoms with Gasteiger partial charge in [0.15, 0.2) is 0 Å². The lowest BCUT2D eigenvalue weighted by Crippen LogP contribution is -2.26. The summed E-state index contributed by atoms with van der Waals surface area (Å²) < 4.78 is 7.56. The van der Waals surface area contributed by atoms with E-state index in [1.54, 1.807) is 35.6 Å². The molecule has 1 unspecified atom stereocenters. The molecule has 4 rings (SSSR count). The quantitative estimate of drug-likeness (QED) is 0.684. The van der Waals surface area contributed by atoms with Crippen molar-refractivity contribution in [2.45, 2.75) is 31.8 Å². The third kappa shape index (κ3) is 3.40. The highest BCUT2D eigenvalue weighted by molar-refractivity contribution is 7.15. The molecule has 0 bridgehead atoms. The van der Waals surface area contributed by atoms with Gasteiger partial charge < -0.3 is 15.0 Å². The maximum Gasteiger partial charge on any atom is 0.342 e. The number of ether oxygens (including phenoxy) is 1. The van der Waals surface area contributed by atoms with Gasteiger partial charge in [-0.3, -0.25) is 4.79 Å². The van der Waals surface area contributed by atoms with Crippen LogP contribution in [0.3, 0.4) is 0 Å². The fourth-order valence-corrected chi connectivity index (χ4v) is 4.84. The molecule has 2 heterocycles. The first kappa shape index (κ1) is 17.5. The molecule has 1 atom stereocenters. The van der Waals surface area contributed by atoms with Crippen molar-refractivity contribution in [2.24, 2.45) is 5.73 Å². The summed E-state index contributed by atoms with van der Waals surface area (Å²) in [7, 11) is 0. The van der Waals surface area contributed by atoms with Gasteiger partial charge in [0.25, 0.3) is 5.91 Å². The van der Waals surface area contributed by atoms with Gasteiger partial charge in [0.2, 0.25) is 6.10 Å². The van der Waals surface area contributed by atoms with Crippen LogP contribution < -0.4 is 5.73 Å². The molecule has 1 aromatic carbocycles. The summed E-state index contributed by atoms with van der Waals surface area (Å²) in [5.41, 5.74) is 7.71. The zero-order valence-electron chi connectivity index (χ0n) is 14.8. The topological polar surface area (TPSA) is 74.3 Å². The third-order valence-electron chi connectivity index (χ3n) is 4.78. The van der Waals surface area contributed by atoms with Gasteiger partial charge in [0, 0.05) is 22.8 Å². The molecule has 0 saturated carbocycles. The van der Waals surface area contributed by atoms with Crippen LogP contribution >= 0.6 is 11.3 Å². The predicted molar refractivity (Wildman–Crippen MR) is 104 cm³/mol. The largest absolute Gasteiger partial charge is 0.444 e. The number of primary amides is 1. The van der Waals surface area contributed by atoms with E-state index < -0.39 is 18.0 Å². The van der Waals surface area contributed by atoms with Crippen molar-refractivity contribution >= 4 is 23.2 Å². The van der Waals surface area contributed by atoms with Crippen LogP contribution in [0, 0.1) is 0 Å². The molecule has 3 aromatic rings. The normalized spacial score (nSPS) is 14.4. The molecule has 0 radical (unpaired) electrons. The summed E-state index contributed by atoms with van der Waals surface area (Å²) in [6.07, 6.45) is 6.72. The van der Waals surface area contributed by atoms with Crippen molar-refractivity contribution in [1.82, 2.24) is 4.57 Å². The minimum atomic E-state index is -1.10. The van der Waals surface area contributed by atoms with Gasteiger partial charge in [-0.25, -0.2) is 4.79 Å². The van der Waals surface area contributed by atoms with Crippen LogP contribution in [0.5, 0.6) is 0 Å². The molecule has 0 spiro atoms. The number of aromatic nitrogens is 1. The summed E-state index contributed by atoms with van der Waals surface area (Å²) in [5, 5.41) is 0.841. The number of hydrogen-bond donors (Lipinski definition) is 1. The second-order valence-electron chi connectivity index (χ2n) is 6.58. The van der Waals surface area contributed by atoms with E-state index in [1.165, 1.54) is 4.88 Å². The maximum atomic E-state index is 13.1. The van der Waals surface area contributed by atoms with Crippen LogP contribution in [0.2, 0.25) is 0 Å². The standard InChI is InChI=1S/C21H20N2O3S/c22-19(24)18(14-8-2-1-3-9-14)26-21(25)17-15-10-4-5-11-16(15)27-20(17)23-12-6-7-13-23/h1-3,6-9,12-13,18H,4-5,10-11H2,(H2,22,24). The Labute approximate surface area is 161 Å². The van der Waals surface area contributed by atoms with E-state index in [0.717, 1.165) is 36.2 Å². The number of nitrogens with zero attached hydrogens (tertiary/aromatic N) is 1. The number of hydrogen-bond acceptors (Lipinski definition) is 4. The van der Waals surface area contributed by atoms with Crippen LogP contribution in [0.4, 0.5) is 0 Å². The van der Waals surface area contributed by atoms with Crippen LogP contribution in [-0.4, -0.2) is 16.4 Å². The van der Waals surface area contributed by atoms with Gasteiger partial charge in [0.1, 0.15) is 5.00 Å². The SMILES string of the molecule is NC(=O)C(OC(=O)c1c(-n2cccc2)sc2c1CCCC2)c1ccccc1. The van der Waals surface area contributed by atoms with E-state index in [4.69, 9.17) is 10.5 Å². The minimum Gasteiger partial charge on any atom is -0.444 e. The van der Waals surface area contributed by atoms with Crippen molar-refractivity contribution in [3.8, 4) is 5.00 Å². The highest BCUT2D eigenvalue weighted by atomic mass is 32.1. The maximum absolute atomic E-state index is 13.1. The number of amides is 1. The summed E-state index contributed by atoms with van der Waals surface area (Å²) in [4.78, 5) is 26.3. The van der Waals surface area contributed by atoms with Gasteiger partial charge in [-0.05, 0) is 43.4 Å². The fraction of sp³-hybridized carbons (Fsp3) is 0.238. The highest BCUT2D eigenvalue weighted by Gasteiger charge is 2.30. The lowest BCUT2D eigenvalue weighted by atomic mass is 9.95. The van der Waals surface area contributed by atoms with E-state index in [0.29, 0.717) is 11.1 Å². The number of aryl methyl sites for hydroxylation is 1. The van der Waals surface area contributed by atoms with E-state index in [1.807, 2.05) is 35.2 Å². The van der Waals surface area contributed by atoms with Gasteiger partial charge in [-0.1, -0.05) is 30.3 Å². The Hall–Kier alpha value is -2.86. The predicted octanol–water partition coefficient (Wildman–Crippen LogP) is 3.80. The first-order chi connectivity index (χ1) is 13.1. The Morgan fingerprint density at radius 2 is 1.74 bits per heavy atom. The van der Waals surface area contributed by atoms with Gasteiger partial charge in [-0.15, -0.1) is 11.3 Å². The molecule has 138 valence electrons. The number of nitrogens with two attached hydrogens (primary N) is 1. The number of benzene rings is 1. The van der Waals surface area contributed by atoms with Gasteiger partial charge >= 0.3 is 5.97 Å². The van der Waals surface area contributed by atoms with E-state index in [2.05, 4.69) is 0 Å². The van der Waals surface area contributed by atoms with Crippen molar-refractivity contribution in [3.05, 3.63) is 76.4 Å². The molecule has 2 aromatic heterocycles. The minimum absolute atomic E-state index is 0.495. The van der Waals surface area contributed by atoms with Gasteiger partial charge in [-0.2, -0.15) is 0 Å². The Bertz CT molecular complexity index is 961. The zero-order valence-corrected chi connectivity index (χ0v) is 15.6. The zero-order chi connectivity index (χ0) is 18.8. The molecule has 1 aliphatic rings. The lowest BCUT2D eigenvalue weighted by molar-refractivity contribution is -0.127. The second-order valence-corrected chi connectivity index (χ2v) is 7.66. The van der Waals surface area contributed by atoms with E-state index in [-0.39, 0.29) is 0 Å². The number of carbonyl (C=O) groups excluding carboxylic acids is 2. The molecule has 0 saturated heterocycles. The number of rotatable bonds is 5. The molecule has 6 heteroatoms. The lowest BCUT2D eigenvalue weighted by Gasteiger charge is -2.17. The molecule has 0 aliphatic heterocycles. The molecule has 1 amide bonds. The molecule has 1 aliphatic carbocycles. The van der Waals surface area contributed by atoms with E-state index >= 15 is 0 Å². The second kappa shape index (κ2) is 7.40. The number of esters is 1. The third-order valence-corrected chi connectivity index (χ3v) is 6.09. The highest BCUT2D eigenvalue weighted by Crippen LogP contribution is 2.38. The van der Waals surface area contributed by atoms with Crippen LogP contribution in [0.15, 0.2) is 54.9 Å². The Kier molecular flexibility index (Phi) is 4.81. The Morgan fingerprint density at radius 3 is 2.44 bits per heavy atom. The molecule has 27 heavy (non-hydrogen) atoms. The summed E-state index contributed by atoms with van der Waals surface area (Å²) >= 11 is 1.63. The molecule has 2 N–H and O–H groups in total. The summed E-state index contributed by atoms with van der Waals surface area (Å²) in [6, 6.07) is 12.7. The van der Waals surface area contributed by atoms with Crippen molar-refractivity contribution in [3.63, 3.8) is 0 Å². The van der Waals surface area contributed by atoms with E-state index in [9.17, 15) is 9.59 Å². The molecular weight excluding hydrogens is 360 g/mol. The number of fused-ring (bicyclic) bond motifs is 1. The number of carbonyl (C=O) groups is 2. The van der Waals surface area contributed by atoms with Crippen LogP contribution in [0.25, 0.3) is 5.00 Å². The monoisotopic (exact) mass is 380 g/mol. The average molecular weight is 380 g/mol. The number of thiophene rings is 1. The van der Waals surface area contributed by atoms with Crippen molar-refractivity contribution in [2.75, 3.05) is 0 Å². The van der Waals surface area contributed by atoms with Crippen LogP contribution in [0.1, 0.15) is 45.3 Å². The first-order valence-electron chi connectivity index (χ1n) is 8.98. The smallest absolute Gasteiger partial charge is 0.342 e. The summed E-state index contributed by atoms with van der Waals surface area (Å²) in [6.45, 7) is 0.